The Morgan fingerprint density at radius 3 is 2.29 bits per heavy atom. The minimum atomic E-state index is -3.31. The van der Waals surface area contributed by atoms with Gasteiger partial charge < -0.3 is 5.21 Å². The fourth-order valence-corrected chi connectivity index (χ4v) is 2.95. The quantitative estimate of drug-likeness (QED) is 0.521. The van der Waals surface area contributed by atoms with Gasteiger partial charge in [0.2, 0.25) is 0 Å². The average molecular weight is 276 g/mol. The lowest BCUT2D eigenvalue weighted by Crippen LogP contribution is -2.29. The van der Waals surface area contributed by atoms with Crippen molar-refractivity contribution in [2.75, 3.05) is 6.26 Å². The van der Waals surface area contributed by atoms with Crippen molar-refractivity contribution < 1.29 is 13.6 Å². The molecule has 0 saturated heterocycles. The first kappa shape index (κ1) is 14.0. The predicted molar refractivity (Wildman–Crippen MR) is 68.7 cm³/mol. The van der Waals surface area contributed by atoms with Gasteiger partial charge in [0.1, 0.15) is 11.0 Å². The Hall–Kier alpha value is -1.07. The molecule has 1 aromatic rings. The molecule has 1 unspecified atom stereocenters. The minimum absolute atomic E-state index is 0.145. The molecular weight excluding hydrogens is 262 g/mol. The molecule has 0 radical (unpaired) electrons. The summed E-state index contributed by atoms with van der Waals surface area (Å²) in [7, 11) is -3.31. The molecule has 0 aromatic heterocycles. The zero-order chi connectivity index (χ0) is 13.1. The van der Waals surface area contributed by atoms with Crippen molar-refractivity contribution in [3.8, 4) is 0 Å². The van der Waals surface area contributed by atoms with Gasteiger partial charge in [0.25, 0.3) is 0 Å². The number of hydrogen-bond acceptors (Lipinski definition) is 4. The second kappa shape index (κ2) is 5.51. The van der Waals surface area contributed by atoms with Crippen LogP contribution in [0.4, 0.5) is 0 Å². The van der Waals surface area contributed by atoms with Crippen LogP contribution in [0.25, 0.3) is 0 Å². The van der Waals surface area contributed by atoms with E-state index in [9.17, 15) is 8.42 Å². The Kier molecular flexibility index (Phi) is 4.54. The van der Waals surface area contributed by atoms with Crippen molar-refractivity contribution in [3.05, 3.63) is 34.9 Å². The number of halogens is 1. The molecule has 1 atom stereocenters. The summed E-state index contributed by atoms with van der Waals surface area (Å²) in [5.74, 6) is 0. The summed E-state index contributed by atoms with van der Waals surface area (Å²) >= 11 is 5.74. The monoisotopic (exact) mass is 275 g/mol. The van der Waals surface area contributed by atoms with Crippen LogP contribution >= 0.6 is 11.6 Å². The molecule has 0 aliphatic rings. The molecule has 0 fully saturated rings. The predicted octanol–water partition coefficient (Wildman–Crippen LogP) is 2.34. The van der Waals surface area contributed by atoms with Crippen molar-refractivity contribution in [1.82, 2.24) is 0 Å². The molecule has 1 rings (SSSR count). The first-order chi connectivity index (χ1) is 7.90. The molecule has 0 aliphatic heterocycles. The van der Waals surface area contributed by atoms with Gasteiger partial charge in [-0.05, 0) is 18.6 Å². The van der Waals surface area contributed by atoms with Gasteiger partial charge in [0, 0.05) is 16.8 Å². The molecule has 6 heteroatoms. The van der Waals surface area contributed by atoms with E-state index in [1.165, 1.54) is 0 Å². The fourth-order valence-electron chi connectivity index (χ4n) is 1.63. The smallest absolute Gasteiger partial charge is 0.156 e. The molecule has 0 spiro atoms. The third-order valence-electron chi connectivity index (χ3n) is 2.44. The number of hydrogen-bond donors (Lipinski definition) is 1. The van der Waals surface area contributed by atoms with Gasteiger partial charge in [-0.2, -0.15) is 0 Å². The van der Waals surface area contributed by atoms with Crippen LogP contribution < -0.4 is 0 Å². The Balaban J connectivity index is 3.20. The Morgan fingerprint density at radius 1 is 1.41 bits per heavy atom. The van der Waals surface area contributed by atoms with Crippen LogP contribution in [0.3, 0.4) is 0 Å². The molecule has 17 heavy (non-hydrogen) atoms. The van der Waals surface area contributed by atoms with Crippen LogP contribution in [0.1, 0.15) is 18.9 Å². The maximum absolute atomic E-state index is 11.6. The normalized spacial score (nSPS) is 14.6. The van der Waals surface area contributed by atoms with Gasteiger partial charge in [0.15, 0.2) is 9.84 Å². The van der Waals surface area contributed by atoms with Crippen LogP contribution in [0.5, 0.6) is 0 Å². The van der Waals surface area contributed by atoms with E-state index in [1.807, 2.05) is 0 Å². The van der Waals surface area contributed by atoms with Crippen LogP contribution in [0.2, 0.25) is 5.02 Å². The summed E-state index contributed by atoms with van der Waals surface area (Å²) < 4.78 is 23.2. The zero-order valence-electron chi connectivity index (χ0n) is 9.59. The van der Waals surface area contributed by atoms with Crippen LogP contribution in [-0.2, 0) is 9.84 Å². The SMILES string of the molecule is CCC(/C(=N/O)c1ccc(Cl)cc1)S(C)(=O)=O. The largest absolute Gasteiger partial charge is 0.411 e. The fraction of sp³-hybridized carbons (Fsp3) is 0.364. The maximum Gasteiger partial charge on any atom is 0.156 e. The van der Waals surface area contributed by atoms with Gasteiger partial charge >= 0.3 is 0 Å². The molecular formula is C11H14ClNO3S. The lowest BCUT2D eigenvalue weighted by Gasteiger charge is -2.14. The molecule has 0 heterocycles. The Labute approximate surface area is 106 Å². The standard InChI is InChI=1S/C11H14ClNO3S/c1-3-10(17(2,15)16)11(13-14)8-4-6-9(12)7-5-8/h4-7,10,14H,3H2,1-2H3/b13-11+. The van der Waals surface area contributed by atoms with Gasteiger partial charge in [0.05, 0.1) is 0 Å². The van der Waals surface area contributed by atoms with E-state index in [0.717, 1.165) is 6.26 Å². The van der Waals surface area contributed by atoms with Crippen molar-refractivity contribution in [1.29, 1.82) is 0 Å². The average Bonchev–Trinajstić information content (AvgIpc) is 2.25. The second-order valence-electron chi connectivity index (χ2n) is 3.72. The maximum atomic E-state index is 11.6. The molecule has 0 amide bonds. The van der Waals surface area contributed by atoms with E-state index in [4.69, 9.17) is 16.8 Å². The van der Waals surface area contributed by atoms with E-state index in [2.05, 4.69) is 5.16 Å². The lowest BCUT2D eigenvalue weighted by atomic mass is 10.1. The van der Waals surface area contributed by atoms with Crippen molar-refractivity contribution >= 4 is 27.1 Å². The van der Waals surface area contributed by atoms with E-state index in [0.29, 0.717) is 17.0 Å². The van der Waals surface area contributed by atoms with Crippen molar-refractivity contribution in [2.45, 2.75) is 18.6 Å². The molecule has 1 N–H and O–H groups in total. The molecule has 4 nitrogen and oxygen atoms in total. The lowest BCUT2D eigenvalue weighted by molar-refractivity contribution is 0.318. The van der Waals surface area contributed by atoms with E-state index >= 15 is 0 Å². The molecule has 1 aromatic carbocycles. The Bertz CT molecular complexity index is 508. The number of nitrogens with zero attached hydrogens (tertiary/aromatic N) is 1. The van der Waals surface area contributed by atoms with Gasteiger partial charge in [-0.1, -0.05) is 35.8 Å². The summed E-state index contributed by atoms with van der Waals surface area (Å²) in [6, 6.07) is 6.50. The van der Waals surface area contributed by atoms with Gasteiger partial charge in [-0.3, -0.25) is 0 Å². The summed E-state index contributed by atoms with van der Waals surface area (Å²) in [4.78, 5) is 0. The number of sulfone groups is 1. The first-order valence-corrected chi connectivity index (χ1v) is 7.40. The highest BCUT2D eigenvalue weighted by atomic mass is 35.5. The first-order valence-electron chi connectivity index (χ1n) is 5.07. The van der Waals surface area contributed by atoms with Crippen LogP contribution in [0.15, 0.2) is 29.4 Å². The molecule has 0 aliphatic carbocycles. The minimum Gasteiger partial charge on any atom is -0.411 e. The highest BCUT2D eigenvalue weighted by Crippen LogP contribution is 2.16. The number of rotatable bonds is 4. The zero-order valence-corrected chi connectivity index (χ0v) is 11.2. The molecule has 0 saturated carbocycles. The van der Waals surface area contributed by atoms with E-state index in [1.54, 1.807) is 31.2 Å². The topological polar surface area (TPSA) is 66.7 Å². The van der Waals surface area contributed by atoms with Gasteiger partial charge in [-0.25, -0.2) is 8.42 Å². The van der Waals surface area contributed by atoms with Gasteiger partial charge in [-0.15, -0.1) is 0 Å². The third-order valence-corrected chi connectivity index (χ3v) is 4.28. The number of benzene rings is 1. The highest BCUT2D eigenvalue weighted by molar-refractivity contribution is 7.92. The van der Waals surface area contributed by atoms with Crippen molar-refractivity contribution in [2.24, 2.45) is 5.16 Å². The molecule has 94 valence electrons. The summed E-state index contributed by atoms with van der Waals surface area (Å²) in [5, 5.41) is 11.9. The van der Waals surface area contributed by atoms with E-state index < -0.39 is 15.1 Å². The van der Waals surface area contributed by atoms with Crippen molar-refractivity contribution in [3.63, 3.8) is 0 Å². The summed E-state index contributed by atoms with van der Waals surface area (Å²) in [6.45, 7) is 1.73. The Morgan fingerprint density at radius 2 is 1.94 bits per heavy atom. The third kappa shape index (κ3) is 3.44. The van der Waals surface area contributed by atoms with Crippen LogP contribution in [-0.4, -0.2) is 30.8 Å². The summed E-state index contributed by atoms with van der Waals surface area (Å²) in [6.07, 6.45) is 1.48. The highest BCUT2D eigenvalue weighted by Gasteiger charge is 2.26. The summed E-state index contributed by atoms with van der Waals surface area (Å²) in [5.41, 5.74) is 0.695. The number of oxime groups is 1. The molecule has 0 bridgehead atoms. The second-order valence-corrected chi connectivity index (χ2v) is 6.38. The van der Waals surface area contributed by atoms with E-state index in [-0.39, 0.29) is 5.71 Å². The van der Waals surface area contributed by atoms with Crippen LogP contribution in [0, 0.1) is 0 Å².